The molecule has 0 bridgehead atoms. The van der Waals surface area contributed by atoms with E-state index in [4.69, 9.17) is 0 Å². The first-order chi connectivity index (χ1) is 12.2. The summed E-state index contributed by atoms with van der Waals surface area (Å²) in [5.74, 6) is 0.138. The molecule has 1 aromatic heterocycles. The molecule has 2 heterocycles. The smallest absolute Gasteiger partial charge is 0.220 e. The predicted molar refractivity (Wildman–Crippen MR) is 100 cm³/mol. The van der Waals surface area contributed by atoms with E-state index in [0.717, 1.165) is 31.6 Å². The Morgan fingerprint density at radius 3 is 2.72 bits per heavy atom. The van der Waals surface area contributed by atoms with E-state index in [-0.39, 0.29) is 5.91 Å². The number of hydrogen-bond acceptors (Lipinski definition) is 3. The number of carbonyl (C=O) groups excluding carboxylic acids is 1. The fourth-order valence-corrected chi connectivity index (χ4v) is 3.49. The fraction of sp³-hybridized carbons (Fsp3) is 0.429. The van der Waals surface area contributed by atoms with Gasteiger partial charge in [-0.05, 0) is 43.9 Å². The van der Waals surface area contributed by atoms with Crippen molar-refractivity contribution < 1.29 is 4.79 Å². The van der Waals surface area contributed by atoms with Crippen LogP contribution >= 0.6 is 0 Å². The van der Waals surface area contributed by atoms with Gasteiger partial charge in [-0.1, -0.05) is 36.4 Å². The molecule has 4 nitrogen and oxygen atoms in total. The van der Waals surface area contributed by atoms with Crippen molar-refractivity contribution in [1.29, 1.82) is 0 Å². The number of benzene rings is 1. The van der Waals surface area contributed by atoms with E-state index >= 15 is 0 Å². The molecule has 1 aliphatic rings. The van der Waals surface area contributed by atoms with Gasteiger partial charge in [0.15, 0.2) is 0 Å². The molecule has 25 heavy (non-hydrogen) atoms. The molecule has 2 aromatic rings. The maximum atomic E-state index is 12.2. The van der Waals surface area contributed by atoms with Crippen LogP contribution in [0.3, 0.4) is 0 Å². The molecule has 1 aromatic carbocycles. The van der Waals surface area contributed by atoms with Gasteiger partial charge in [-0.25, -0.2) is 0 Å². The second-order valence-corrected chi connectivity index (χ2v) is 6.91. The summed E-state index contributed by atoms with van der Waals surface area (Å²) < 4.78 is 0. The van der Waals surface area contributed by atoms with Crippen LogP contribution in [0.25, 0.3) is 0 Å². The van der Waals surface area contributed by atoms with E-state index in [1.54, 1.807) is 6.20 Å². The average Bonchev–Trinajstić information content (AvgIpc) is 2.64. The van der Waals surface area contributed by atoms with Gasteiger partial charge in [-0.3, -0.25) is 14.7 Å². The molecule has 0 aliphatic carbocycles. The number of aryl methyl sites for hydroxylation is 1. The van der Waals surface area contributed by atoms with Gasteiger partial charge in [0.2, 0.25) is 5.91 Å². The van der Waals surface area contributed by atoms with Crippen molar-refractivity contribution in [3.8, 4) is 0 Å². The number of nitrogens with one attached hydrogen (secondary N) is 1. The second-order valence-electron chi connectivity index (χ2n) is 6.91. The molecule has 0 saturated carbocycles. The summed E-state index contributed by atoms with van der Waals surface area (Å²) in [5, 5.41) is 3.21. The third kappa shape index (κ3) is 5.40. The lowest BCUT2D eigenvalue weighted by Crippen LogP contribution is -2.48. The molecule has 0 unspecified atom stereocenters. The Bertz CT molecular complexity index is 659. The molecule has 3 rings (SSSR count). The van der Waals surface area contributed by atoms with Crippen molar-refractivity contribution in [3.05, 3.63) is 66.0 Å². The third-order valence-electron chi connectivity index (χ3n) is 4.94. The molecule has 2 atom stereocenters. The van der Waals surface area contributed by atoms with E-state index in [9.17, 15) is 4.79 Å². The van der Waals surface area contributed by atoms with Crippen molar-refractivity contribution in [1.82, 2.24) is 15.2 Å². The zero-order valence-corrected chi connectivity index (χ0v) is 14.9. The van der Waals surface area contributed by atoms with E-state index < -0.39 is 0 Å². The van der Waals surface area contributed by atoms with Crippen LogP contribution in [0.4, 0.5) is 0 Å². The van der Waals surface area contributed by atoms with E-state index in [0.29, 0.717) is 24.9 Å². The summed E-state index contributed by atoms with van der Waals surface area (Å²) in [6.45, 7) is 4.28. The van der Waals surface area contributed by atoms with Crippen LogP contribution in [0.1, 0.15) is 37.4 Å². The second kappa shape index (κ2) is 8.77. The molecular formula is C21H27N3O. The van der Waals surface area contributed by atoms with Crippen molar-refractivity contribution in [2.45, 2.75) is 51.2 Å². The number of nitrogens with zero attached hydrogens (tertiary/aromatic N) is 2. The van der Waals surface area contributed by atoms with Crippen molar-refractivity contribution in [2.24, 2.45) is 0 Å². The summed E-state index contributed by atoms with van der Waals surface area (Å²) in [6, 6.07) is 17.2. The average molecular weight is 337 g/mol. The highest BCUT2D eigenvalue weighted by Gasteiger charge is 2.26. The van der Waals surface area contributed by atoms with E-state index in [1.807, 2.05) is 18.2 Å². The van der Waals surface area contributed by atoms with Gasteiger partial charge < -0.3 is 5.32 Å². The van der Waals surface area contributed by atoms with Gasteiger partial charge in [-0.2, -0.15) is 0 Å². The standard InChI is InChI=1S/C21H27N3O/c1-17-15-20(12-14-24(17)16-18-7-3-2-4-8-18)23-21(25)11-10-19-9-5-6-13-22-19/h2-9,13,17,20H,10-12,14-16H2,1H3,(H,23,25)/t17-,20+/m1/s1. The molecule has 4 heteroatoms. The summed E-state index contributed by atoms with van der Waals surface area (Å²) in [4.78, 5) is 19.0. The molecule has 1 amide bonds. The van der Waals surface area contributed by atoms with Gasteiger partial charge in [0.1, 0.15) is 0 Å². The Balaban J connectivity index is 1.42. The highest BCUT2D eigenvalue weighted by molar-refractivity contribution is 5.76. The van der Waals surface area contributed by atoms with Crippen LogP contribution in [-0.4, -0.2) is 34.4 Å². The Hall–Kier alpha value is -2.20. The number of rotatable bonds is 6. The number of piperidine rings is 1. The van der Waals surface area contributed by atoms with Gasteiger partial charge in [0, 0.05) is 43.5 Å². The minimum atomic E-state index is 0.138. The van der Waals surface area contributed by atoms with Crippen molar-refractivity contribution in [3.63, 3.8) is 0 Å². The highest BCUT2D eigenvalue weighted by atomic mass is 16.1. The van der Waals surface area contributed by atoms with Crippen LogP contribution in [-0.2, 0) is 17.8 Å². The van der Waals surface area contributed by atoms with Crippen LogP contribution in [0.15, 0.2) is 54.7 Å². The number of pyridine rings is 1. The lowest BCUT2D eigenvalue weighted by molar-refractivity contribution is -0.122. The van der Waals surface area contributed by atoms with Crippen LogP contribution in [0, 0.1) is 0 Å². The Kier molecular flexibility index (Phi) is 6.18. The monoisotopic (exact) mass is 337 g/mol. The SMILES string of the molecule is C[C@@H]1C[C@@H](NC(=O)CCc2ccccn2)CCN1Cc1ccccc1. The molecule has 0 spiro atoms. The Morgan fingerprint density at radius 1 is 1.20 bits per heavy atom. The summed E-state index contributed by atoms with van der Waals surface area (Å²) >= 11 is 0. The van der Waals surface area contributed by atoms with Crippen LogP contribution in [0.2, 0.25) is 0 Å². The first-order valence-corrected chi connectivity index (χ1v) is 9.18. The normalized spacial score (nSPS) is 21.0. The summed E-state index contributed by atoms with van der Waals surface area (Å²) in [6.07, 6.45) is 5.02. The fourth-order valence-electron chi connectivity index (χ4n) is 3.49. The topological polar surface area (TPSA) is 45.2 Å². The van der Waals surface area contributed by atoms with E-state index in [1.165, 1.54) is 5.56 Å². The number of aromatic nitrogens is 1. The minimum Gasteiger partial charge on any atom is -0.353 e. The first kappa shape index (κ1) is 17.6. The van der Waals surface area contributed by atoms with Crippen LogP contribution < -0.4 is 5.32 Å². The molecule has 1 aliphatic heterocycles. The number of hydrogen-bond donors (Lipinski definition) is 1. The maximum absolute atomic E-state index is 12.2. The lowest BCUT2D eigenvalue weighted by atomic mass is 9.97. The lowest BCUT2D eigenvalue weighted by Gasteiger charge is -2.38. The molecule has 0 radical (unpaired) electrons. The zero-order chi connectivity index (χ0) is 17.5. The Labute approximate surface area is 150 Å². The molecule has 132 valence electrons. The number of carbonyl (C=O) groups is 1. The zero-order valence-electron chi connectivity index (χ0n) is 14.9. The van der Waals surface area contributed by atoms with Crippen molar-refractivity contribution >= 4 is 5.91 Å². The minimum absolute atomic E-state index is 0.138. The number of amides is 1. The Morgan fingerprint density at radius 2 is 2.00 bits per heavy atom. The van der Waals surface area contributed by atoms with Gasteiger partial charge >= 0.3 is 0 Å². The highest BCUT2D eigenvalue weighted by Crippen LogP contribution is 2.20. The summed E-state index contributed by atoms with van der Waals surface area (Å²) in [7, 11) is 0. The predicted octanol–water partition coefficient (Wildman–Crippen LogP) is 3.18. The maximum Gasteiger partial charge on any atom is 0.220 e. The quantitative estimate of drug-likeness (QED) is 0.880. The molecule has 1 N–H and O–H groups in total. The largest absolute Gasteiger partial charge is 0.353 e. The first-order valence-electron chi connectivity index (χ1n) is 9.18. The third-order valence-corrected chi connectivity index (χ3v) is 4.94. The number of likely N-dealkylation sites (tertiary alicyclic amines) is 1. The summed E-state index contributed by atoms with van der Waals surface area (Å²) in [5.41, 5.74) is 2.33. The molecular weight excluding hydrogens is 310 g/mol. The van der Waals surface area contributed by atoms with E-state index in [2.05, 4.69) is 52.5 Å². The van der Waals surface area contributed by atoms with Gasteiger partial charge in [-0.15, -0.1) is 0 Å². The molecule has 1 saturated heterocycles. The molecule has 1 fully saturated rings. The van der Waals surface area contributed by atoms with Gasteiger partial charge in [0.05, 0.1) is 0 Å². The van der Waals surface area contributed by atoms with Crippen molar-refractivity contribution in [2.75, 3.05) is 6.54 Å². The van der Waals surface area contributed by atoms with Crippen LogP contribution in [0.5, 0.6) is 0 Å². The van der Waals surface area contributed by atoms with Gasteiger partial charge in [0.25, 0.3) is 0 Å².